The van der Waals surface area contributed by atoms with Crippen LogP contribution < -0.4 is 0 Å². The summed E-state index contributed by atoms with van der Waals surface area (Å²) < 4.78 is 8.71. The van der Waals surface area contributed by atoms with Gasteiger partial charge in [0.1, 0.15) is 0 Å². The van der Waals surface area contributed by atoms with Crippen LogP contribution >= 0.6 is 0 Å². The summed E-state index contributed by atoms with van der Waals surface area (Å²) in [6.07, 6.45) is 7.15. The minimum atomic E-state index is -0.0184. The van der Waals surface area contributed by atoms with Gasteiger partial charge < -0.3 is 0 Å². The van der Waals surface area contributed by atoms with Crippen LogP contribution in [-0.2, 0) is 15.9 Å². The molecular formula is C9H18N2V. The van der Waals surface area contributed by atoms with Crippen LogP contribution in [0.1, 0.15) is 39.0 Å². The molecule has 1 aliphatic carbocycles. The fourth-order valence-corrected chi connectivity index (χ4v) is 2.35. The molecule has 1 fully saturated rings. The van der Waals surface area contributed by atoms with Crippen LogP contribution in [0.5, 0.6) is 0 Å². The molecular weight excluding hydrogens is 187 g/mol. The van der Waals surface area contributed by atoms with Crippen molar-refractivity contribution in [3.63, 3.8) is 0 Å². The van der Waals surface area contributed by atoms with E-state index in [1.165, 1.54) is 32.1 Å². The average Bonchev–Trinajstić information content (AvgIpc) is 2.57. The summed E-state index contributed by atoms with van der Waals surface area (Å²) in [7, 11) is 0. The first-order valence-electron chi connectivity index (χ1n) is 4.96. The normalized spacial score (nSPS) is 17.4. The fraction of sp³-hybridized carbons (Fsp3) is 1.00. The van der Waals surface area contributed by atoms with Crippen molar-refractivity contribution in [3.8, 4) is 0 Å². The zero-order valence-corrected chi connectivity index (χ0v) is 9.27. The average molecular weight is 205 g/mol. The molecule has 0 saturated heterocycles. The van der Waals surface area contributed by atoms with Crippen LogP contribution in [0.2, 0.25) is 0 Å². The van der Waals surface area contributed by atoms with Gasteiger partial charge in [0.15, 0.2) is 0 Å². The molecule has 0 bridgehead atoms. The van der Waals surface area contributed by atoms with Gasteiger partial charge in [-0.25, -0.2) is 0 Å². The van der Waals surface area contributed by atoms with Crippen LogP contribution in [0.3, 0.4) is 0 Å². The summed E-state index contributed by atoms with van der Waals surface area (Å²) in [5.41, 5.74) is 0. The third-order valence-electron chi connectivity index (χ3n) is 2.38. The second-order valence-electron chi connectivity index (χ2n) is 3.35. The molecule has 69 valence electrons. The van der Waals surface area contributed by atoms with E-state index in [1.807, 2.05) is 0 Å². The van der Waals surface area contributed by atoms with Gasteiger partial charge in [-0.3, -0.25) is 0 Å². The summed E-state index contributed by atoms with van der Waals surface area (Å²) in [4.78, 5) is 0. The SMILES string of the molecule is CC[N]=[V]=[N]CCC1CCCC1. The molecule has 3 heteroatoms. The van der Waals surface area contributed by atoms with Crippen molar-refractivity contribution in [1.82, 2.24) is 0 Å². The summed E-state index contributed by atoms with van der Waals surface area (Å²) >= 11 is -0.0184. The van der Waals surface area contributed by atoms with Gasteiger partial charge in [0, 0.05) is 0 Å². The fourth-order valence-electron chi connectivity index (χ4n) is 1.69. The molecule has 0 aliphatic heterocycles. The van der Waals surface area contributed by atoms with Gasteiger partial charge in [0.05, 0.1) is 0 Å². The molecule has 1 aliphatic rings. The molecule has 0 N–H and O–H groups in total. The molecule has 0 spiro atoms. The summed E-state index contributed by atoms with van der Waals surface area (Å²) in [6.45, 7) is 4.11. The van der Waals surface area contributed by atoms with E-state index in [2.05, 4.69) is 14.5 Å². The molecule has 2 nitrogen and oxygen atoms in total. The van der Waals surface area contributed by atoms with Crippen molar-refractivity contribution >= 4 is 0 Å². The second kappa shape index (κ2) is 6.67. The second-order valence-corrected chi connectivity index (χ2v) is 4.51. The number of nitrogens with zero attached hydrogens (tertiary/aromatic N) is 2. The quantitative estimate of drug-likeness (QED) is 0.674. The Labute approximate surface area is 81.8 Å². The summed E-state index contributed by atoms with van der Waals surface area (Å²) in [5.74, 6) is 0.997. The van der Waals surface area contributed by atoms with Crippen molar-refractivity contribution < 1.29 is 15.9 Å². The molecule has 0 heterocycles. The van der Waals surface area contributed by atoms with Crippen LogP contribution in [0.15, 0.2) is 7.58 Å². The van der Waals surface area contributed by atoms with E-state index in [4.69, 9.17) is 0 Å². The Balaban J connectivity index is 2.05. The number of hydrogen-bond acceptors (Lipinski definition) is 2. The molecule has 0 unspecified atom stereocenters. The predicted octanol–water partition coefficient (Wildman–Crippen LogP) is 3.04. The first-order chi connectivity index (χ1) is 5.93. The third kappa shape index (κ3) is 4.27. The predicted molar refractivity (Wildman–Crippen MR) is 46.8 cm³/mol. The van der Waals surface area contributed by atoms with Crippen molar-refractivity contribution in [2.75, 3.05) is 13.1 Å². The zero-order valence-electron chi connectivity index (χ0n) is 7.87. The van der Waals surface area contributed by atoms with Gasteiger partial charge in [-0.2, -0.15) is 0 Å². The Bertz CT molecular complexity index is 167. The Morgan fingerprint density at radius 2 is 2.00 bits per heavy atom. The van der Waals surface area contributed by atoms with Crippen molar-refractivity contribution in [2.24, 2.45) is 13.5 Å². The molecule has 12 heavy (non-hydrogen) atoms. The standard InChI is InChI=1S/C7H13N.C2H5N.V/c8-6-5-7-3-1-2-4-7;1-2-3;/h7H,1-6H2;2H2,1H3;. The van der Waals surface area contributed by atoms with Gasteiger partial charge >= 0.3 is 81.5 Å². The van der Waals surface area contributed by atoms with E-state index < -0.39 is 0 Å². The Morgan fingerprint density at radius 3 is 2.67 bits per heavy atom. The Morgan fingerprint density at radius 1 is 1.25 bits per heavy atom. The maximum atomic E-state index is 4.45. The molecule has 0 radical (unpaired) electrons. The van der Waals surface area contributed by atoms with Crippen LogP contribution in [0.25, 0.3) is 0 Å². The van der Waals surface area contributed by atoms with E-state index in [1.54, 1.807) is 0 Å². The van der Waals surface area contributed by atoms with Crippen molar-refractivity contribution in [3.05, 3.63) is 0 Å². The molecule has 0 aromatic heterocycles. The topological polar surface area (TPSA) is 24.7 Å². The van der Waals surface area contributed by atoms with Gasteiger partial charge in [-0.1, -0.05) is 0 Å². The van der Waals surface area contributed by atoms with Crippen LogP contribution in [0, 0.1) is 5.92 Å². The first kappa shape index (κ1) is 10.3. The molecule has 0 aromatic carbocycles. The van der Waals surface area contributed by atoms with Crippen LogP contribution in [-0.4, -0.2) is 13.1 Å². The van der Waals surface area contributed by atoms with E-state index in [9.17, 15) is 0 Å². The summed E-state index contributed by atoms with van der Waals surface area (Å²) in [6, 6.07) is 0. The molecule has 0 amide bonds. The van der Waals surface area contributed by atoms with Gasteiger partial charge in [0.25, 0.3) is 0 Å². The monoisotopic (exact) mass is 205 g/mol. The molecule has 0 atom stereocenters. The van der Waals surface area contributed by atoms with Gasteiger partial charge in [-0.15, -0.1) is 0 Å². The van der Waals surface area contributed by atoms with Gasteiger partial charge in [-0.05, 0) is 0 Å². The molecule has 1 rings (SSSR count). The van der Waals surface area contributed by atoms with Crippen LogP contribution in [0.4, 0.5) is 0 Å². The van der Waals surface area contributed by atoms with Gasteiger partial charge in [0.2, 0.25) is 0 Å². The maximum absolute atomic E-state index is 4.45. The van der Waals surface area contributed by atoms with E-state index >= 15 is 0 Å². The zero-order chi connectivity index (χ0) is 8.65. The molecule has 1 saturated carbocycles. The number of hydrogen-bond donors (Lipinski definition) is 0. The Kier molecular flexibility index (Phi) is 5.71. The number of rotatable bonds is 4. The summed E-state index contributed by atoms with van der Waals surface area (Å²) in [5, 5.41) is 0. The van der Waals surface area contributed by atoms with E-state index in [-0.39, 0.29) is 15.9 Å². The van der Waals surface area contributed by atoms with E-state index in [0.29, 0.717) is 0 Å². The first-order valence-corrected chi connectivity index (χ1v) is 6.21. The Hall–Kier alpha value is 0.184. The minimum absolute atomic E-state index is 0.0184. The third-order valence-corrected chi connectivity index (χ3v) is 3.53. The van der Waals surface area contributed by atoms with Crippen molar-refractivity contribution in [1.29, 1.82) is 0 Å². The molecule has 0 aromatic rings. The van der Waals surface area contributed by atoms with Crippen molar-refractivity contribution in [2.45, 2.75) is 39.0 Å². The van der Waals surface area contributed by atoms with E-state index in [0.717, 1.165) is 19.0 Å².